The first-order valence-corrected chi connectivity index (χ1v) is 8.72. The smallest absolute Gasteiger partial charge is 0.324 e. The Morgan fingerprint density at radius 1 is 0.781 bits per heavy atom. The van der Waals surface area contributed by atoms with Crippen molar-refractivity contribution in [2.45, 2.75) is 39.8 Å². The summed E-state index contributed by atoms with van der Waals surface area (Å²) in [6.07, 6.45) is 0. The standard InChI is InChI=1S/C6H3N3O7.2C5H11NO2/c10-6-4(8(13)14)1-3(7(11)12)2-5(6)9(15)16;2*1-3(2)4(6)5(7)8/h1-2,10H;2*3-4H,6H2,1-2H3,(H,7,8)/t;2*4-/m.00/s1. The molecule has 180 valence electrons. The Hall–Kier alpha value is -3.92. The summed E-state index contributed by atoms with van der Waals surface area (Å²) in [4.78, 5) is 47.8. The van der Waals surface area contributed by atoms with Crippen molar-refractivity contribution in [3.05, 3.63) is 42.5 Å². The minimum atomic E-state index is -1.21. The molecule has 0 saturated carbocycles. The number of aromatic hydroxyl groups is 1. The monoisotopic (exact) mass is 463 g/mol. The number of rotatable bonds is 7. The summed E-state index contributed by atoms with van der Waals surface area (Å²) in [7, 11) is 0. The number of benzene rings is 1. The Morgan fingerprint density at radius 2 is 1.06 bits per heavy atom. The lowest BCUT2D eigenvalue weighted by Crippen LogP contribution is -2.34. The number of phenols is 1. The molecule has 1 aromatic carbocycles. The summed E-state index contributed by atoms with van der Waals surface area (Å²) >= 11 is 0. The summed E-state index contributed by atoms with van der Waals surface area (Å²) in [5.41, 5.74) is 7.32. The van der Waals surface area contributed by atoms with Crippen LogP contribution in [0.25, 0.3) is 0 Å². The number of phenolic OH excluding ortho intramolecular Hbond substituents is 1. The van der Waals surface area contributed by atoms with Gasteiger partial charge in [-0.3, -0.25) is 39.9 Å². The predicted octanol–water partition coefficient (Wildman–Crippen LogP) is 1.23. The highest BCUT2D eigenvalue weighted by Crippen LogP contribution is 2.38. The number of hydrogen-bond donors (Lipinski definition) is 5. The summed E-state index contributed by atoms with van der Waals surface area (Å²) in [6.45, 7) is 7.11. The number of aliphatic carboxylic acids is 2. The Kier molecular flexibility index (Phi) is 12.7. The molecular weight excluding hydrogens is 438 g/mol. The van der Waals surface area contributed by atoms with Gasteiger partial charge in [-0.25, -0.2) is 0 Å². The van der Waals surface area contributed by atoms with Gasteiger partial charge in [-0.15, -0.1) is 0 Å². The summed E-state index contributed by atoms with van der Waals surface area (Å²) in [5, 5.41) is 56.7. The van der Waals surface area contributed by atoms with Gasteiger partial charge >= 0.3 is 23.3 Å². The zero-order valence-electron chi connectivity index (χ0n) is 17.6. The number of nitrogens with two attached hydrogens (primary N) is 2. The van der Waals surface area contributed by atoms with Gasteiger partial charge in [0, 0.05) is 0 Å². The molecule has 0 amide bonds. The van der Waals surface area contributed by atoms with Crippen molar-refractivity contribution in [2.75, 3.05) is 0 Å². The average molecular weight is 463 g/mol. The number of nitro benzene ring substituents is 3. The van der Waals surface area contributed by atoms with Gasteiger partial charge in [0.2, 0.25) is 0 Å². The topological polar surface area (TPSA) is 276 Å². The predicted molar refractivity (Wildman–Crippen MR) is 109 cm³/mol. The molecule has 0 heterocycles. The number of carboxylic acids is 2. The van der Waals surface area contributed by atoms with Crippen LogP contribution in [0.4, 0.5) is 17.1 Å². The summed E-state index contributed by atoms with van der Waals surface area (Å²) in [5.74, 6) is -3.03. The molecule has 0 aromatic heterocycles. The number of nitro groups is 3. The summed E-state index contributed by atoms with van der Waals surface area (Å²) in [6, 6.07) is -0.532. The molecule has 0 unspecified atom stereocenters. The van der Waals surface area contributed by atoms with Gasteiger partial charge in [-0.2, -0.15) is 0 Å². The van der Waals surface area contributed by atoms with E-state index >= 15 is 0 Å². The van der Waals surface area contributed by atoms with E-state index in [2.05, 4.69) is 0 Å². The van der Waals surface area contributed by atoms with Crippen molar-refractivity contribution in [2.24, 2.45) is 23.3 Å². The highest BCUT2D eigenvalue weighted by molar-refractivity contribution is 5.73. The van der Waals surface area contributed by atoms with E-state index in [1.54, 1.807) is 27.7 Å². The molecule has 1 aromatic rings. The van der Waals surface area contributed by atoms with Crippen molar-refractivity contribution in [1.29, 1.82) is 0 Å². The van der Waals surface area contributed by atoms with Gasteiger partial charge < -0.3 is 26.8 Å². The largest absolute Gasteiger partial charge is 0.497 e. The molecule has 2 atom stereocenters. The molecule has 7 N–H and O–H groups in total. The fourth-order valence-electron chi connectivity index (χ4n) is 1.54. The number of nitrogens with zero attached hydrogens (tertiary/aromatic N) is 3. The maximum Gasteiger partial charge on any atom is 0.324 e. The zero-order valence-corrected chi connectivity index (χ0v) is 17.6. The van der Waals surface area contributed by atoms with Gasteiger partial charge in [0.1, 0.15) is 12.1 Å². The molecule has 1 rings (SSSR count). The molecule has 0 bridgehead atoms. The SMILES string of the molecule is CC(C)[C@H](N)C(=O)O.CC(C)[C@H](N)C(=O)O.O=[N+]([O-])c1cc([N+](=O)[O-])c(O)c([N+](=O)[O-])c1. The second-order valence-electron chi connectivity index (χ2n) is 6.82. The second kappa shape index (κ2) is 13.4. The van der Waals surface area contributed by atoms with Gasteiger partial charge in [0.15, 0.2) is 0 Å². The molecular formula is C16H25N5O11. The quantitative estimate of drug-likeness (QED) is 0.281. The van der Waals surface area contributed by atoms with Crippen LogP contribution in [0.15, 0.2) is 12.1 Å². The Balaban J connectivity index is 0. The van der Waals surface area contributed by atoms with Crippen molar-refractivity contribution < 1.29 is 39.7 Å². The van der Waals surface area contributed by atoms with Crippen molar-refractivity contribution >= 4 is 29.0 Å². The van der Waals surface area contributed by atoms with E-state index in [4.69, 9.17) is 26.8 Å². The second-order valence-corrected chi connectivity index (χ2v) is 6.82. The van der Waals surface area contributed by atoms with E-state index in [-0.39, 0.29) is 11.8 Å². The maximum absolute atomic E-state index is 10.4. The molecule has 0 aliphatic carbocycles. The molecule has 0 aliphatic heterocycles. The fourth-order valence-corrected chi connectivity index (χ4v) is 1.54. The lowest BCUT2D eigenvalue weighted by molar-refractivity contribution is -0.404. The van der Waals surface area contributed by atoms with Crippen LogP contribution < -0.4 is 11.5 Å². The first-order valence-electron chi connectivity index (χ1n) is 8.72. The van der Waals surface area contributed by atoms with Crippen LogP contribution in [0.5, 0.6) is 5.75 Å². The van der Waals surface area contributed by atoms with Crippen LogP contribution in [0.3, 0.4) is 0 Å². The van der Waals surface area contributed by atoms with E-state index in [1.165, 1.54) is 0 Å². The highest BCUT2D eigenvalue weighted by atomic mass is 16.6. The zero-order chi connectivity index (χ0) is 25.9. The van der Waals surface area contributed by atoms with Gasteiger partial charge in [-0.1, -0.05) is 27.7 Å². The van der Waals surface area contributed by atoms with Crippen LogP contribution in [0.2, 0.25) is 0 Å². The third kappa shape index (κ3) is 10.2. The highest BCUT2D eigenvalue weighted by Gasteiger charge is 2.30. The molecule has 32 heavy (non-hydrogen) atoms. The first-order chi connectivity index (χ1) is 14.4. The van der Waals surface area contributed by atoms with E-state index < -0.39 is 61.6 Å². The molecule has 0 saturated heterocycles. The van der Waals surface area contributed by atoms with E-state index in [9.17, 15) is 39.9 Å². The van der Waals surface area contributed by atoms with Gasteiger partial charge in [0.25, 0.3) is 11.4 Å². The van der Waals surface area contributed by atoms with Crippen LogP contribution in [-0.4, -0.2) is 54.1 Å². The first kappa shape index (κ1) is 30.3. The Morgan fingerprint density at radius 3 is 1.19 bits per heavy atom. The van der Waals surface area contributed by atoms with Crippen molar-refractivity contribution in [3.8, 4) is 5.75 Å². The lowest BCUT2D eigenvalue weighted by atomic mass is 10.1. The Labute approximate surface area is 180 Å². The van der Waals surface area contributed by atoms with Crippen LogP contribution in [-0.2, 0) is 9.59 Å². The normalized spacial score (nSPS) is 11.9. The average Bonchev–Trinajstić information content (AvgIpc) is 2.66. The Bertz CT molecular complexity index is 798. The van der Waals surface area contributed by atoms with Crippen LogP contribution >= 0.6 is 0 Å². The molecule has 0 radical (unpaired) electrons. The minimum Gasteiger partial charge on any atom is -0.497 e. The summed E-state index contributed by atoms with van der Waals surface area (Å²) < 4.78 is 0. The number of carboxylic acid groups (broad SMARTS) is 2. The van der Waals surface area contributed by atoms with Crippen molar-refractivity contribution in [1.82, 2.24) is 0 Å². The van der Waals surface area contributed by atoms with Crippen LogP contribution in [0, 0.1) is 42.2 Å². The molecule has 16 heteroatoms. The molecule has 16 nitrogen and oxygen atoms in total. The maximum atomic E-state index is 10.4. The molecule has 0 fully saturated rings. The van der Waals surface area contributed by atoms with Crippen LogP contribution in [0.1, 0.15) is 27.7 Å². The van der Waals surface area contributed by atoms with Gasteiger partial charge in [-0.05, 0) is 11.8 Å². The minimum absolute atomic E-state index is 0.0208. The van der Waals surface area contributed by atoms with E-state index in [1.807, 2.05) is 0 Å². The number of hydrogen-bond acceptors (Lipinski definition) is 11. The van der Waals surface area contributed by atoms with Crippen molar-refractivity contribution in [3.63, 3.8) is 0 Å². The van der Waals surface area contributed by atoms with Gasteiger partial charge in [0.05, 0.1) is 26.9 Å². The molecule has 0 aliphatic rings. The van der Waals surface area contributed by atoms with E-state index in [0.29, 0.717) is 12.1 Å². The lowest BCUT2D eigenvalue weighted by Gasteiger charge is -2.07. The molecule has 0 spiro atoms. The number of non-ortho nitro benzene ring substituents is 1. The van der Waals surface area contributed by atoms with E-state index in [0.717, 1.165) is 0 Å². The third-order valence-corrected chi connectivity index (χ3v) is 3.67. The number of carbonyl (C=O) groups is 2. The third-order valence-electron chi connectivity index (χ3n) is 3.67. The fraction of sp³-hybridized carbons (Fsp3) is 0.500.